The summed E-state index contributed by atoms with van der Waals surface area (Å²) < 4.78 is 11.3. The van der Waals surface area contributed by atoms with Crippen LogP contribution in [0.5, 0.6) is 5.75 Å². The van der Waals surface area contributed by atoms with E-state index in [1.54, 1.807) is 7.11 Å². The highest BCUT2D eigenvalue weighted by Crippen LogP contribution is 2.37. The fourth-order valence-corrected chi connectivity index (χ4v) is 3.47. The molecule has 1 saturated carbocycles. The summed E-state index contributed by atoms with van der Waals surface area (Å²) in [4.78, 5) is 0. The van der Waals surface area contributed by atoms with Gasteiger partial charge in [-0.2, -0.15) is 0 Å². The maximum absolute atomic E-state index is 5.99. The summed E-state index contributed by atoms with van der Waals surface area (Å²) in [6, 6.07) is 8.76. The van der Waals surface area contributed by atoms with Crippen molar-refractivity contribution in [2.24, 2.45) is 0 Å². The molecule has 0 aliphatic heterocycles. The summed E-state index contributed by atoms with van der Waals surface area (Å²) in [7, 11) is 3.59. The predicted molar refractivity (Wildman–Crippen MR) is 87.0 cm³/mol. The van der Waals surface area contributed by atoms with Crippen molar-refractivity contribution in [3.63, 3.8) is 0 Å². The maximum atomic E-state index is 5.99. The molecule has 1 aromatic carbocycles. The average Bonchev–Trinajstić information content (AvgIpc) is 3.01. The molecule has 1 aliphatic carbocycles. The summed E-state index contributed by atoms with van der Waals surface area (Å²) in [5.41, 5.74) is 1.31. The molecule has 0 bridgehead atoms. The lowest BCUT2D eigenvalue weighted by molar-refractivity contribution is -0.0354. The van der Waals surface area contributed by atoms with Gasteiger partial charge in [0, 0.05) is 13.2 Å². The SMILES string of the molecule is CCCNC(Cc1cccc(OC)c1)C1(OC)CCCC1. The zero-order chi connectivity index (χ0) is 15.1. The largest absolute Gasteiger partial charge is 0.497 e. The second-order valence-electron chi connectivity index (χ2n) is 6.04. The molecule has 1 fully saturated rings. The number of methoxy groups -OCH3 is 2. The van der Waals surface area contributed by atoms with E-state index in [2.05, 4.69) is 30.4 Å². The fourth-order valence-electron chi connectivity index (χ4n) is 3.47. The molecule has 0 heterocycles. The molecule has 0 amide bonds. The molecule has 1 N–H and O–H groups in total. The van der Waals surface area contributed by atoms with E-state index in [0.717, 1.165) is 38.0 Å². The van der Waals surface area contributed by atoms with Crippen LogP contribution in [0, 0.1) is 0 Å². The van der Waals surface area contributed by atoms with Gasteiger partial charge in [0.25, 0.3) is 0 Å². The van der Waals surface area contributed by atoms with Gasteiger partial charge in [-0.3, -0.25) is 0 Å². The zero-order valence-corrected chi connectivity index (χ0v) is 13.7. The number of ether oxygens (including phenoxy) is 2. The number of hydrogen-bond donors (Lipinski definition) is 1. The van der Waals surface area contributed by atoms with E-state index < -0.39 is 0 Å². The molecule has 1 atom stereocenters. The van der Waals surface area contributed by atoms with Crippen molar-refractivity contribution in [3.8, 4) is 5.75 Å². The van der Waals surface area contributed by atoms with E-state index >= 15 is 0 Å². The molecule has 1 aliphatic rings. The maximum Gasteiger partial charge on any atom is 0.119 e. The molecule has 3 nitrogen and oxygen atoms in total. The van der Waals surface area contributed by atoms with Crippen LogP contribution in [-0.4, -0.2) is 32.4 Å². The Bertz CT molecular complexity index is 427. The molecule has 118 valence electrons. The van der Waals surface area contributed by atoms with Crippen LogP contribution in [0.4, 0.5) is 0 Å². The van der Waals surface area contributed by atoms with Gasteiger partial charge in [0.1, 0.15) is 5.75 Å². The molecule has 1 aromatic rings. The second-order valence-corrected chi connectivity index (χ2v) is 6.04. The lowest BCUT2D eigenvalue weighted by atomic mass is 9.87. The summed E-state index contributed by atoms with van der Waals surface area (Å²) >= 11 is 0. The Morgan fingerprint density at radius 2 is 2.00 bits per heavy atom. The Balaban J connectivity index is 2.15. The van der Waals surface area contributed by atoms with E-state index in [9.17, 15) is 0 Å². The highest BCUT2D eigenvalue weighted by Gasteiger charge is 2.41. The van der Waals surface area contributed by atoms with Crippen molar-refractivity contribution in [3.05, 3.63) is 29.8 Å². The standard InChI is InChI=1S/C18H29NO2/c1-4-12-19-17(18(21-3)10-5-6-11-18)14-15-8-7-9-16(13-15)20-2/h7-9,13,17,19H,4-6,10-12,14H2,1-3H3. The van der Waals surface area contributed by atoms with Crippen LogP contribution in [0.3, 0.4) is 0 Å². The highest BCUT2D eigenvalue weighted by atomic mass is 16.5. The van der Waals surface area contributed by atoms with E-state index in [-0.39, 0.29) is 5.60 Å². The van der Waals surface area contributed by atoms with Crippen molar-refractivity contribution in [2.75, 3.05) is 20.8 Å². The Morgan fingerprint density at radius 3 is 2.62 bits per heavy atom. The van der Waals surface area contributed by atoms with Crippen LogP contribution in [-0.2, 0) is 11.2 Å². The number of hydrogen-bond acceptors (Lipinski definition) is 3. The quantitative estimate of drug-likeness (QED) is 0.794. The van der Waals surface area contributed by atoms with Gasteiger partial charge in [-0.25, -0.2) is 0 Å². The first-order valence-electron chi connectivity index (χ1n) is 8.15. The van der Waals surface area contributed by atoms with Crippen LogP contribution >= 0.6 is 0 Å². The molecule has 0 radical (unpaired) electrons. The minimum Gasteiger partial charge on any atom is -0.497 e. The van der Waals surface area contributed by atoms with Crippen LogP contribution in [0.1, 0.15) is 44.6 Å². The second kappa shape index (κ2) is 7.81. The molecule has 2 rings (SSSR count). The van der Waals surface area contributed by atoms with Gasteiger partial charge in [-0.05, 0) is 49.9 Å². The molecular weight excluding hydrogens is 262 g/mol. The summed E-state index contributed by atoms with van der Waals surface area (Å²) in [6.07, 6.45) is 7.01. The number of nitrogens with one attached hydrogen (secondary N) is 1. The topological polar surface area (TPSA) is 30.5 Å². The normalized spacial score (nSPS) is 18.6. The lowest BCUT2D eigenvalue weighted by Gasteiger charge is -2.37. The van der Waals surface area contributed by atoms with Crippen molar-refractivity contribution < 1.29 is 9.47 Å². The lowest BCUT2D eigenvalue weighted by Crippen LogP contribution is -2.52. The number of rotatable bonds is 8. The van der Waals surface area contributed by atoms with Crippen molar-refractivity contribution in [2.45, 2.75) is 57.1 Å². The minimum atomic E-state index is -0.00174. The third-order valence-electron chi connectivity index (χ3n) is 4.71. The molecule has 0 aromatic heterocycles. The van der Waals surface area contributed by atoms with Crippen LogP contribution < -0.4 is 10.1 Å². The van der Waals surface area contributed by atoms with Gasteiger partial charge in [0.2, 0.25) is 0 Å². The summed E-state index contributed by atoms with van der Waals surface area (Å²) in [6.45, 7) is 3.25. The number of benzene rings is 1. The predicted octanol–water partition coefficient (Wildman–Crippen LogP) is 3.57. The van der Waals surface area contributed by atoms with E-state index in [1.165, 1.54) is 18.4 Å². The first-order chi connectivity index (χ1) is 10.2. The van der Waals surface area contributed by atoms with E-state index in [0.29, 0.717) is 6.04 Å². The third-order valence-corrected chi connectivity index (χ3v) is 4.71. The third kappa shape index (κ3) is 3.98. The van der Waals surface area contributed by atoms with Crippen LogP contribution in [0.25, 0.3) is 0 Å². The average molecular weight is 291 g/mol. The zero-order valence-electron chi connectivity index (χ0n) is 13.7. The molecule has 0 spiro atoms. The molecule has 21 heavy (non-hydrogen) atoms. The molecular formula is C18H29NO2. The Labute approximate surface area is 129 Å². The van der Waals surface area contributed by atoms with E-state index in [1.807, 2.05) is 13.2 Å². The minimum absolute atomic E-state index is 0.00174. The van der Waals surface area contributed by atoms with Gasteiger partial charge in [-0.1, -0.05) is 31.9 Å². The first-order valence-corrected chi connectivity index (χ1v) is 8.15. The van der Waals surface area contributed by atoms with Crippen molar-refractivity contribution in [1.29, 1.82) is 0 Å². The Morgan fingerprint density at radius 1 is 1.24 bits per heavy atom. The fraction of sp³-hybridized carbons (Fsp3) is 0.667. The summed E-state index contributed by atoms with van der Waals surface area (Å²) in [5, 5.41) is 3.72. The van der Waals surface area contributed by atoms with Gasteiger partial charge < -0.3 is 14.8 Å². The van der Waals surface area contributed by atoms with Gasteiger partial charge in [-0.15, -0.1) is 0 Å². The van der Waals surface area contributed by atoms with Gasteiger partial charge in [0.15, 0.2) is 0 Å². The monoisotopic (exact) mass is 291 g/mol. The molecule has 1 unspecified atom stereocenters. The van der Waals surface area contributed by atoms with Gasteiger partial charge >= 0.3 is 0 Å². The molecule has 3 heteroatoms. The Hall–Kier alpha value is -1.06. The summed E-state index contributed by atoms with van der Waals surface area (Å²) in [5.74, 6) is 0.930. The van der Waals surface area contributed by atoms with Crippen molar-refractivity contribution >= 4 is 0 Å². The Kier molecular flexibility index (Phi) is 6.07. The first kappa shape index (κ1) is 16.3. The van der Waals surface area contributed by atoms with E-state index in [4.69, 9.17) is 9.47 Å². The highest BCUT2D eigenvalue weighted by molar-refractivity contribution is 5.29. The van der Waals surface area contributed by atoms with Crippen molar-refractivity contribution in [1.82, 2.24) is 5.32 Å². The van der Waals surface area contributed by atoms with Crippen LogP contribution in [0.2, 0.25) is 0 Å². The van der Waals surface area contributed by atoms with Crippen LogP contribution in [0.15, 0.2) is 24.3 Å². The smallest absolute Gasteiger partial charge is 0.119 e. The molecule has 0 saturated heterocycles. The van der Waals surface area contributed by atoms with Gasteiger partial charge in [0.05, 0.1) is 12.7 Å².